The Hall–Kier alpha value is -2.03. The first kappa shape index (κ1) is 14.6. The van der Waals surface area contributed by atoms with Gasteiger partial charge in [0.2, 0.25) is 0 Å². The summed E-state index contributed by atoms with van der Waals surface area (Å²) in [4.78, 5) is 0. The van der Waals surface area contributed by atoms with Crippen LogP contribution in [0.3, 0.4) is 0 Å². The molecule has 120 valence electrons. The first-order valence-electron chi connectivity index (χ1n) is 8.23. The van der Waals surface area contributed by atoms with Crippen molar-refractivity contribution in [3.05, 3.63) is 46.8 Å². The lowest BCUT2D eigenvalue weighted by Crippen LogP contribution is -2.37. The Balaban J connectivity index is 1.94. The highest BCUT2D eigenvalue weighted by atomic mass is 19.1. The molecule has 0 saturated heterocycles. The van der Waals surface area contributed by atoms with E-state index in [4.69, 9.17) is 4.74 Å². The van der Waals surface area contributed by atoms with Gasteiger partial charge in [-0.2, -0.15) is 0 Å². The maximum Gasteiger partial charge on any atom is 0.130 e. The Kier molecular flexibility index (Phi) is 2.99. The van der Waals surface area contributed by atoms with Crippen LogP contribution in [-0.2, 0) is 6.61 Å². The Morgan fingerprint density at radius 1 is 1.22 bits per heavy atom. The Bertz CT molecular complexity index is 810. The summed E-state index contributed by atoms with van der Waals surface area (Å²) >= 11 is 0. The highest BCUT2D eigenvalue weighted by Crippen LogP contribution is 2.48. The summed E-state index contributed by atoms with van der Waals surface area (Å²) in [6, 6.07) is 7.38. The molecule has 0 bridgehead atoms. The van der Waals surface area contributed by atoms with Crippen molar-refractivity contribution in [1.29, 1.82) is 0 Å². The number of hydrogen-bond donors (Lipinski definition) is 1. The molecule has 0 saturated carbocycles. The zero-order valence-electron chi connectivity index (χ0n) is 14.1. The largest absolute Gasteiger partial charge is 0.488 e. The van der Waals surface area contributed by atoms with E-state index in [0.29, 0.717) is 12.5 Å². The topological polar surface area (TPSA) is 21.3 Å². The van der Waals surface area contributed by atoms with Crippen LogP contribution in [0.2, 0.25) is 0 Å². The molecule has 0 aromatic heterocycles. The van der Waals surface area contributed by atoms with Crippen LogP contribution >= 0.6 is 0 Å². The number of rotatable bonds is 0. The minimum Gasteiger partial charge on any atom is -0.488 e. The van der Waals surface area contributed by atoms with Crippen molar-refractivity contribution in [1.82, 2.24) is 0 Å². The molecule has 23 heavy (non-hydrogen) atoms. The molecule has 3 heteroatoms. The van der Waals surface area contributed by atoms with E-state index >= 15 is 0 Å². The Morgan fingerprint density at radius 2 is 2.00 bits per heavy atom. The number of hydrogen-bond acceptors (Lipinski definition) is 2. The summed E-state index contributed by atoms with van der Waals surface area (Å²) < 4.78 is 19.9. The molecule has 0 amide bonds. The van der Waals surface area contributed by atoms with Crippen LogP contribution in [0.1, 0.15) is 49.8 Å². The zero-order valence-corrected chi connectivity index (χ0v) is 14.1. The number of nitrogens with one attached hydrogen (secondary N) is 1. The molecule has 2 aromatic carbocycles. The monoisotopic (exact) mass is 311 g/mol. The minimum absolute atomic E-state index is 0.0940. The van der Waals surface area contributed by atoms with Gasteiger partial charge >= 0.3 is 0 Å². The van der Waals surface area contributed by atoms with Gasteiger partial charge in [0.1, 0.15) is 18.2 Å². The molecule has 0 aliphatic carbocycles. The van der Waals surface area contributed by atoms with Gasteiger partial charge in [0.05, 0.1) is 0 Å². The number of ether oxygens (including phenoxy) is 1. The molecule has 1 N–H and O–H groups in total. The van der Waals surface area contributed by atoms with E-state index in [0.717, 1.165) is 28.9 Å². The van der Waals surface area contributed by atoms with Crippen molar-refractivity contribution in [2.24, 2.45) is 0 Å². The van der Waals surface area contributed by atoms with E-state index in [1.807, 2.05) is 6.92 Å². The predicted molar refractivity (Wildman–Crippen MR) is 91.6 cm³/mol. The molecule has 0 fully saturated rings. The number of halogens is 1. The van der Waals surface area contributed by atoms with E-state index < -0.39 is 0 Å². The number of benzene rings is 2. The van der Waals surface area contributed by atoms with E-state index in [-0.39, 0.29) is 11.4 Å². The molecule has 4 rings (SSSR count). The average Bonchev–Trinajstić information content (AvgIpc) is 2.44. The van der Waals surface area contributed by atoms with E-state index in [1.165, 1.54) is 22.9 Å². The number of fused-ring (bicyclic) bond motifs is 5. The smallest absolute Gasteiger partial charge is 0.130 e. The van der Waals surface area contributed by atoms with Gasteiger partial charge in [-0.05, 0) is 68.0 Å². The fourth-order valence-corrected chi connectivity index (χ4v) is 4.29. The van der Waals surface area contributed by atoms with Gasteiger partial charge in [-0.1, -0.05) is 13.0 Å². The zero-order chi connectivity index (χ0) is 16.4. The predicted octanol–water partition coefficient (Wildman–Crippen LogP) is 5.39. The van der Waals surface area contributed by atoms with Crippen LogP contribution in [0.15, 0.2) is 24.3 Å². The lowest BCUT2D eigenvalue weighted by molar-refractivity contribution is 0.296. The number of aryl methyl sites for hydroxylation is 1. The van der Waals surface area contributed by atoms with Crippen LogP contribution in [0.5, 0.6) is 5.75 Å². The first-order valence-corrected chi connectivity index (χ1v) is 8.23. The van der Waals surface area contributed by atoms with Crippen LogP contribution in [0, 0.1) is 12.7 Å². The van der Waals surface area contributed by atoms with Gasteiger partial charge < -0.3 is 10.1 Å². The molecule has 2 aliphatic rings. The van der Waals surface area contributed by atoms with Gasteiger partial charge in [0.15, 0.2) is 0 Å². The fourth-order valence-electron chi connectivity index (χ4n) is 4.29. The SMILES string of the molecule is Cc1cc(F)cc2c1OCc1c-2ccc2c1C(C)CC(C)(C)N2. The second-order valence-electron chi connectivity index (χ2n) is 7.56. The van der Waals surface area contributed by atoms with Gasteiger partial charge in [0.25, 0.3) is 0 Å². The molecule has 2 aliphatic heterocycles. The van der Waals surface area contributed by atoms with Crippen LogP contribution in [-0.4, -0.2) is 5.54 Å². The van der Waals surface area contributed by atoms with E-state index in [1.54, 1.807) is 6.07 Å². The second-order valence-corrected chi connectivity index (χ2v) is 7.56. The van der Waals surface area contributed by atoms with Crippen molar-refractivity contribution in [2.45, 2.75) is 52.2 Å². The van der Waals surface area contributed by atoms with Gasteiger partial charge in [-0.25, -0.2) is 4.39 Å². The molecular formula is C20H22FNO. The average molecular weight is 311 g/mol. The molecule has 0 spiro atoms. The van der Waals surface area contributed by atoms with Crippen LogP contribution in [0.25, 0.3) is 11.1 Å². The van der Waals surface area contributed by atoms with Crippen LogP contribution < -0.4 is 10.1 Å². The molecule has 2 heterocycles. The molecule has 1 atom stereocenters. The van der Waals surface area contributed by atoms with Gasteiger partial charge in [-0.15, -0.1) is 0 Å². The summed E-state index contributed by atoms with van der Waals surface area (Å²) in [5.74, 6) is 1.06. The van der Waals surface area contributed by atoms with Crippen molar-refractivity contribution in [3.63, 3.8) is 0 Å². The molecule has 0 radical (unpaired) electrons. The maximum atomic E-state index is 13.9. The van der Waals surface area contributed by atoms with Crippen molar-refractivity contribution in [3.8, 4) is 16.9 Å². The van der Waals surface area contributed by atoms with E-state index in [9.17, 15) is 4.39 Å². The van der Waals surface area contributed by atoms with Gasteiger partial charge in [-0.3, -0.25) is 0 Å². The highest BCUT2D eigenvalue weighted by molar-refractivity contribution is 5.81. The second kappa shape index (κ2) is 4.73. The quantitative estimate of drug-likeness (QED) is 0.704. The van der Waals surface area contributed by atoms with Gasteiger partial charge in [0, 0.05) is 22.4 Å². The Morgan fingerprint density at radius 3 is 2.78 bits per heavy atom. The highest BCUT2D eigenvalue weighted by Gasteiger charge is 2.33. The molecule has 1 unspecified atom stereocenters. The summed E-state index contributed by atoms with van der Waals surface area (Å²) in [5.41, 5.74) is 6.66. The molecule has 2 nitrogen and oxygen atoms in total. The molecule has 2 aromatic rings. The third kappa shape index (κ3) is 2.21. The lowest BCUT2D eigenvalue weighted by Gasteiger charge is -2.40. The Labute approximate surface area is 136 Å². The maximum absolute atomic E-state index is 13.9. The minimum atomic E-state index is -0.206. The standard InChI is InChI=1S/C20H22FNO/c1-11-7-13(21)8-15-14-5-6-17-18(16(14)10-23-19(11)15)12(2)9-20(3,4)22-17/h5-8,12,22H,9-10H2,1-4H3. The number of anilines is 1. The lowest BCUT2D eigenvalue weighted by atomic mass is 9.78. The third-order valence-electron chi connectivity index (χ3n) is 5.03. The van der Waals surface area contributed by atoms with Crippen molar-refractivity contribution < 1.29 is 9.13 Å². The summed E-state index contributed by atoms with van der Waals surface area (Å²) in [7, 11) is 0. The molecular weight excluding hydrogens is 289 g/mol. The first-order chi connectivity index (χ1) is 10.9. The normalized spacial score (nSPS) is 20.7. The summed E-state index contributed by atoms with van der Waals surface area (Å²) in [6.07, 6.45) is 1.07. The fraction of sp³-hybridized carbons (Fsp3) is 0.400. The van der Waals surface area contributed by atoms with Crippen LogP contribution in [0.4, 0.5) is 10.1 Å². The summed E-state index contributed by atoms with van der Waals surface area (Å²) in [6.45, 7) is 9.20. The third-order valence-corrected chi connectivity index (χ3v) is 5.03. The van der Waals surface area contributed by atoms with Crippen molar-refractivity contribution >= 4 is 5.69 Å². The van der Waals surface area contributed by atoms with Crippen molar-refractivity contribution in [2.75, 3.05) is 5.32 Å². The van der Waals surface area contributed by atoms with E-state index in [2.05, 4.69) is 38.2 Å². The summed E-state index contributed by atoms with van der Waals surface area (Å²) in [5, 5.41) is 3.63.